The molecule has 4 rings (SSSR count). The molecule has 2 aromatic carbocycles. The molecule has 2 atom stereocenters. The molecular weight excluding hydrogens is 484 g/mol. The molecule has 0 radical (unpaired) electrons. The highest BCUT2D eigenvalue weighted by molar-refractivity contribution is 6.48. The lowest BCUT2D eigenvalue weighted by Crippen LogP contribution is -2.43. The summed E-state index contributed by atoms with van der Waals surface area (Å²) in [7, 11) is 0. The molecule has 2 unspecified atom stereocenters. The van der Waals surface area contributed by atoms with E-state index in [1.807, 2.05) is 6.92 Å². The lowest BCUT2D eigenvalue weighted by molar-refractivity contribution is -0.183. The maximum absolute atomic E-state index is 14.3. The van der Waals surface area contributed by atoms with E-state index in [0.717, 1.165) is 18.4 Å². The van der Waals surface area contributed by atoms with Crippen molar-refractivity contribution < 1.29 is 18.0 Å². The van der Waals surface area contributed by atoms with E-state index < -0.39 is 18.1 Å². The van der Waals surface area contributed by atoms with Crippen LogP contribution in [0.4, 0.5) is 13.2 Å². The first-order valence-electron chi connectivity index (χ1n) is 10.2. The summed E-state index contributed by atoms with van der Waals surface area (Å²) < 4.78 is 43.0. The van der Waals surface area contributed by atoms with Crippen LogP contribution < -0.4 is 5.32 Å². The quantitative estimate of drug-likeness (QED) is 0.442. The summed E-state index contributed by atoms with van der Waals surface area (Å²) in [6.45, 7) is 1.39. The first-order chi connectivity index (χ1) is 15.0. The van der Waals surface area contributed by atoms with Gasteiger partial charge in [0.1, 0.15) is 5.41 Å². The van der Waals surface area contributed by atoms with Crippen LogP contribution in [0.15, 0.2) is 41.4 Å². The number of nitrogens with zero attached hydrogens (tertiary/aromatic N) is 1. The topological polar surface area (TPSA) is 41.5 Å². The van der Waals surface area contributed by atoms with Crippen molar-refractivity contribution in [3.05, 3.63) is 68.2 Å². The predicted octanol–water partition coefficient (Wildman–Crippen LogP) is 6.93. The van der Waals surface area contributed by atoms with Crippen LogP contribution in [0.2, 0.25) is 15.1 Å². The Morgan fingerprint density at radius 1 is 1.12 bits per heavy atom. The van der Waals surface area contributed by atoms with E-state index in [1.54, 1.807) is 12.1 Å². The zero-order valence-electron chi connectivity index (χ0n) is 17.1. The monoisotopic (exact) mass is 502 g/mol. The van der Waals surface area contributed by atoms with Gasteiger partial charge < -0.3 is 5.32 Å². The fourth-order valence-electron chi connectivity index (χ4n) is 3.94. The van der Waals surface area contributed by atoms with Gasteiger partial charge in [0, 0.05) is 18.1 Å². The van der Waals surface area contributed by atoms with Gasteiger partial charge in [0.15, 0.2) is 0 Å². The summed E-state index contributed by atoms with van der Waals surface area (Å²) in [4.78, 5) is 16.2. The number of halogens is 6. The molecule has 1 N–H and O–H groups in total. The second-order valence-corrected chi connectivity index (χ2v) is 9.59. The van der Waals surface area contributed by atoms with Crippen molar-refractivity contribution >= 4 is 46.4 Å². The van der Waals surface area contributed by atoms with Crippen molar-refractivity contribution in [2.45, 2.75) is 43.8 Å². The van der Waals surface area contributed by atoms with E-state index in [2.05, 4.69) is 10.3 Å². The number of nitrogens with one attached hydrogen (secondary N) is 1. The fourth-order valence-corrected chi connectivity index (χ4v) is 4.54. The summed E-state index contributed by atoms with van der Waals surface area (Å²) in [6.07, 6.45) is -3.08. The first-order valence-corrected chi connectivity index (χ1v) is 11.3. The largest absolute Gasteiger partial charge is 0.400 e. The fraction of sp³-hybridized carbons (Fsp3) is 0.391. The molecule has 0 saturated heterocycles. The van der Waals surface area contributed by atoms with E-state index in [9.17, 15) is 18.0 Å². The molecule has 170 valence electrons. The summed E-state index contributed by atoms with van der Waals surface area (Å²) in [6, 6.07) is 8.89. The number of carbonyl (C=O) groups excluding carboxylic acids is 1. The minimum absolute atomic E-state index is 0.0116. The molecular formula is C23H20Cl3F3N2O. The Hall–Kier alpha value is -1.76. The van der Waals surface area contributed by atoms with Crippen LogP contribution in [0.1, 0.15) is 48.9 Å². The first kappa shape index (κ1) is 23.4. The normalized spacial score (nSPS) is 21.9. The second-order valence-electron chi connectivity index (χ2n) is 8.40. The van der Waals surface area contributed by atoms with Crippen LogP contribution in [0, 0.1) is 5.92 Å². The number of benzene rings is 2. The number of aliphatic imine (C=N–C) groups is 1. The molecule has 3 nitrogen and oxygen atoms in total. The third-order valence-electron chi connectivity index (χ3n) is 6.14. The van der Waals surface area contributed by atoms with Crippen LogP contribution in [0.25, 0.3) is 0 Å². The van der Waals surface area contributed by atoms with Crippen LogP contribution in [-0.2, 0) is 10.2 Å². The molecule has 1 saturated carbocycles. The van der Waals surface area contributed by atoms with Crippen LogP contribution in [0.3, 0.4) is 0 Å². The zero-order chi connectivity index (χ0) is 23.3. The van der Waals surface area contributed by atoms with Crippen LogP contribution in [-0.4, -0.2) is 24.3 Å². The van der Waals surface area contributed by atoms with Gasteiger partial charge in [-0.1, -0.05) is 59.1 Å². The van der Waals surface area contributed by atoms with E-state index in [0.29, 0.717) is 5.56 Å². The van der Waals surface area contributed by atoms with E-state index >= 15 is 0 Å². The van der Waals surface area contributed by atoms with Gasteiger partial charge in [0.05, 0.1) is 27.7 Å². The maximum Gasteiger partial charge on any atom is 0.400 e. The Morgan fingerprint density at radius 2 is 1.72 bits per heavy atom. The molecule has 1 fully saturated rings. The van der Waals surface area contributed by atoms with Crippen molar-refractivity contribution in [1.29, 1.82) is 0 Å². The van der Waals surface area contributed by atoms with Gasteiger partial charge in [-0.25, -0.2) is 0 Å². The maximum atomic E-state index is 14.3. The zero-order valence-corrected chi connectivity index (χ0v) is 19.3. The van der Waals surface area contributed by atoms with Crippen LogP contribution in [0.5, 0.6) is 0 Å². The van der Waals surface area contributed by atoms with Gasteiger partial charge in [0.25, 0.3) is 0 Å². The Kier molecular flexibility index (Phi) is 6.25. The Morgan fingerprint density at radius 3 is 2.25 bits per heavy atom. The molecule has 1 heterocycles. The standard InChI is InChI=1S/C23H20Cl3F3N2O/c1-12(31-21(32)14-2-3-14)13-4-6-16(7-5-13)22(23(27,28)29)10-19(30-11-22)15-8-17(24)20(26)18(25)9-15/h4-9,12,14H,2-3,10-11H2,1H3,(H,31,32). The van der Waals surface area contributed by atoms with Crippen molar-refractivity contribution in [3.63, 3.8) is 0 Å². The minimum atomic E-state index is -4.52. The number of alkyl halides is 3. The summed E-state index contributed by atoms with van der Waals surface area (Å²) in [5, 5.41) is 3.38. The average molecular weight is 504 g/mol. The summed E-state index contributed by atoms with van der Waals surface area (Å²) in [5.41, 5.74) is -0.588. The van der Waals surface area contributed by atoms with Gasteiger partial charge in [-0.15, -0.1) is 0 Å². The number of hydrogen-bond acceptors (Lipinski definition) is 2. The lowest BCUT2D eigenvalue weighted by Gasteiger charge is -2.32. The third-order valence-corrected chi connectivity index (χ3v) is 7.34. The molecule has 1 aliphatic heterocycles. The van der Waals surface area contributed by atoms with E-state index in [4.69, 9.17) is 34.8 Å². The van der Waals surface area contributed by atoms with Crippen molar-refractivity contribution in [2.75, 3.05) is 6.54 Å². The molecule has 2 aromatic rings. The molecule has 32 heavy (non-hydrogen) atoms. The summed E-state index contributed by atoms with van der Waals surface area (Å²) in [5.74, 6) is 0.0524. The molecule has 0 aromatic heterocycles. The van der Waals surface area contributed by atoms with Crippen molar-refractivity contribution in [3.8, 4) is 0 Å². The molecule has 1 amide bonds. The third kappa shape index (κ3) is 4.37. The molecule has 0 bridgehead atoms. The Bertz CT molecular complexity index is 1060. The number of hydrogen-bond donors (Lipinski definition) is 1. The molecule has 1 aliphatic carbocycles. The highest BCUT2D eigenvalue weighted by atomic mass is 35.5. The molecule has 0 spiro atoms. The van der Waals surface area contributed by atoms with E-state index in [1.165, 1.54) is 24.3 Å². The van der Waals surface area contributed by atoms with Crippen LogP contribution >= 0.6 is 34.8 Å². The number of rotatable bonds is 5. The minimum Gasteiger partial charge on any atom is -0.349 e. The summed E-state index contributed by atoms with van der Waals surface area (Å²) >= 11 is 18.1. The van der Waals surface area contributed by atoms with E-state index in [-0.39, 0.29) is 50.6 Å². The lowest BCUT2D eigenvalue weighted by atomic mass is 9.76. The number of carbonyl (C=O) groups is 1. The van der Waals surface area contributed by atoms with Crippen molar-refractivity contribution in [2.24, 2.45) is 10.9 Å². The Balaban J connectivity index is 1.59. The smallest absolute Gasteiger partial charge is 0.349 e. The second kappa shape index (κ2) is 8.54. The Labute approximate surface area is 199 Å². The van der Waals surface area contributed by atoms with Gasteiger partial charge >= 0.3 is 6.18 Å². The average Bonchev–Trinajstić information content (AvgIpc) is 3.49. The van der Waals surface area contributed by atoms with Gasteiger partial charge in [0.2, 0.25) is 5.91 Å². The number of amides is 1. The highest BCUT2D eigenvalue weighted by Gasteiger charge is 2.58. The van der Waals surface area contributed by atoms with Gasteiger partial charge in [-0.2, -0.15) is 13.2 Å². The molecule has 9 heteroatoms. The highest BCUT2D eigenvalue weighted by Crippen LogP contribution is 2.48. The van der Waals surface area contributed by atoms with Gasteiger partial charge in [-0.05, 0) is 48.6 Å². The molecule has 2 aliphatic rings. The predicted molar refractivity (Wildman–Crippen MR) is 121 cm³/mol. The van der Waals surface area contributed by atoms with Crippen molar-refractivity contribution in [1.82, 2.24) is 5.32 Å². The van der Waals surface area contributed by atoms with Gasteiger partial charge in [-0.3, -0.25) is 9.79 Å². The SMILES string of the molecule is CC(NC(=O)C1CC1)c1ccc(C2(C(F)(F)F)CN=C(c3cc(Cl)c(Cl)c(Cl)c3)C2)cc1.